The summed E-state index contributed by atoms with van der Waals surface area (Å²) in [7, 11) is 0. The summed E-state index contributed by atoms with van der Waals surface area (Å²) in [6, 6.07) is 2.50. The fourth-order valence-electron chi connectivity index (χ4n) is 5.11. The molecule has 47 heavy (non-hydrogen) atoms. The number of urea groups is 1. The number of phenolic OH excluding ortho intramolecular Hbond substituents is 1. The molecule has 242 valence electrons. The number of phenols is 1. The van der Waals surface area contributed by atoms with Crippen LogP contribution in [0, 0.1) is 0 Å². The van der Waals surface area contributed by atoms with Crippen LogP contribution in [-0.2, 0) is 28.8 Å². The number of nitrogens with one attached hydrogen (secondary N) is 3. The van der Waals surface area contributed by atoms with E-state index in [9.17, 15) is 43.8 Å². The second-order valence-electron chi connectivity index (χ2n) is 9.95. The Morgan fingerprint density at radius 1 is 1.23 bits per heavy atom. The summed E-state index contributed by atoms with van der Waals surface area (Å²) in [5, 5.41) is 35.9. The van der Waals surface area contributed by atoms with Crippen molar-refractivity contribution < 1.29 is 73.3 Å². The molecule has 5 rings (SSSR count). The third kappa shape index (κ3) is 6.97. The Morgan fingerprint density at radius 3 is 2.64 bits per heavy atom. The Morgan fingerprint density at radius 2 is 2.00 bits per heavy atom. The molecule has 0 aliphatic carbocycles. The van der Waals surface area contributed by atoms with Gasteiger partial charge in [0.15, 0.2) is 4.34 Å². The van der Waals surface area contributed by atoms with Gasteiger partial charge in [0.2, 0.25) is 18.0 Å². The molecule has 2 saturated heterocycles. The molecule has 21 heteroatoms. The number of rotatable bonds is 11. The second-order valence-corrected chi connectivity index (χ2v) is 13.1. The van der Waals surface area contributed by atoms with Crippen molar-refractivity contribution in [3.05, 3.63) is 46.6 Å². The molecule has 0 saturated carbocycles. The predicted octanol–water partition coefficient (Wildman–Crippen LogP) is -5.04. The number of carboxylic acid groups (broad SMARTS) is 1. The first-order valence-electron chi connectivity index (χ1n) is 13.5. The maximum absolute atomic E-state index is 13.9. The summed E-state index contributed by atoms with van der Waals surface area (Å²) in [4.78, 5) is 92.5. The molecule has 3 aliphatic heterocycles. The average molecular weight is 713 g/mol. The molecular formula is C26H25N8NaO9S3. The molecule has 2 fully saturated rings. The van der Waals surface area contributed by atoms with Crippen LogP contribution in [0.25, 0.3) is 0 Å². The van der Waals surface area contributed by atoms with E-state index in [0.717, 1.165) is 22.7 Å². The Balaban J connectivity index is 0.00000500. The number of carbonyl (C=O) groups excluding carboxylic acids is 7. The van der Waals surface area contributed by atoms with Crippen LogP contribution in [0.4, 0.5) is 4.79 Å². The summed E-state index contributed by atoms with van der Waals surface area (Å²) in [6.07, 6.45) is 0.165. The minimum Gasteiger partial charge on any atom is -0.543 e. The molecule has 7 amide bonds. The van der Waals surface area contributed by atoms with E-state index in [1.165, 1.54) is 51.7 Å². The number of benzene rings is 1. The van der Waals surface area contributed by atoms with E-state index in [1.54, 1.807) is 6.92 Å². The maximum atomic E-state index is 13.9. The molecule has 3 atom stereocenters. The van der Waals surface area contributed by atoms with Crippen LogP contribution >= 0.6 is 34.9 Å². The van der Waals surface area contributed by atoms with Crippen molar-refractivity contribution in [1.29, 1.82) is 0 Å². The predicted molar refractivity (Wildman–Crippen MR) is 159 cm³/mol. The third-order valence-corrected chi connectivity index (χ3v) is 10.7. The molecule has 0 bridgehead atoms. The SMILES string of the molecule is CCN1CCN(C(=O)NC(C(=O)N[C@]2(NC=O)C(=O)N3C(C(=O)[O-])=C(CSc4nncs4)CS[C@H]32)c2cccc(O)c2)C(=O)C1=O.[Na+]. The number of fused-ring (bicyclic) bond motifs is 1. The molecule has 0 spiro atoms. The van der Waals surface area contributed by atoms with Crippen molar-refractivity contribution in [1.82, 2.24) is 40.8 Å². The van der Waals surface area contributed by atoms with Gasteiger partial charge >= 0.3 is 47.4 Å². The quantitative estimate of drug-likeness (QED) is 0.0427. The molecule has 2 aromatic rings. The van der Waals surface area contributed by atoms with Gasteiger partial charge in [-0.05, 0) is 30.2 Å². The number of carboxylic acids is 1. The first-order chi connectivity index (χ1) is 22.0. The van der Waals surface area contributed by atoms with Gasteiger partial charge in [0.25, 0.3) is 5.91 Å². The molecule has 1 unspecified atom stereocenters. The first kappa shape index (κ1) is 36.2. The van der Waals surface area contributed by atoms with E-state index in [-0.39, 0.29) is 78.4 Å². The third-order valence-electron chi connectivity index (χ3n) is 7.33. The van der Waals surface area contributed by atoms with Crippen LogP contribution in [0.15, 0.2) is 45.4 Å². The van der Waals surface area contributed by atoms with E-state index in [1.807, 2.05) is 0 Å². The Hall–Kier alpha value is -3.69. The monoisotopic (exact) mass is 712 g/mol. The molecule has 4 N–H and O–H groups in total. The number of piperazine rings is 1. The van der Waals surface area contributed by atoms with Gasteiger partial charge in [0.05, 0.1) is 11.7 Å². The van der Waals surface area contributed by atoms with Gasteiger partial charge in [-0.1, -0.05) is 35.2 Å². The fraction of sp³-hybridized carbons (Fsp3) is 0.346. The van der Waals surface area contributed by atoms with Crippen LogP contribution in [0.2, 0.25) is 0 Å². The van der Waals surface area contributed by atoms with Crippen molar-refractivity contribution in [3.63, 3.8) is 0 Å². The van der Waals surface area contributed by atoms with Crippen molar-refractivity contribution in [2.24, 2.45) is 0 Å². The molecule has 17 nitrogen and oxygen atoms in total. The second kappa shape index (κ2) is 15.0. The van der Waals surface area contributed by atoms with E-state index >= 15 is 0 Å². The van der Waals surface area contributed by atoms with E-state index in [4.69, 9.17) is 0 Å². The van der Waals surface area contributed by atoms with Gasteiger partial charge < -0.3 is 35.9 Å². The summed E-state index contributed by atoms with van der Waals surface area (Å²) in [6.45, 7) is 1.84. The zero-order chi connectivity index (χ0) is 33.2. The largest absolute Gasteiger partial charge is 1.00 e. The van der Waals surface area contributed by atoms with Crippen LogP contribution in [-0.4, -0.2) is 114 Å². The Kier molecular flexibility index (Phi) is 11.6. The van der Waals surface area contributed by atoms with Crippen molar-refractivity contribution in [2.75, 3.05) is 31.1 Å². The number of aliphatic carboxylic acids is 1. The summed E-state index contributed by atoms with van der Waals surface area (Å²) < 4.78 is 0.579. The molecule has 4 heterocycles. The van der Waals surface area contributed by atoms with E-state index in [0.29, 0.717) is 14.8 Å². The van der Waals surface area contributed by atoms with Gasteiger partial charge in [-0.15, -0.1) is 22.0 Å². The van der Waals surface area contributed by atoms with Crippen molar-refractivity contribution in [3.8, 4) is 5.75 Å². The van der Waals surface area contributed by atoms with Crippen LogP contribution < -0.4 is 50.6 Å². The summed E-state index contributed by atoms with van der Waals surface area (Å²) in [5.41, 5.74) is -0.646. The Bertz CT molecular complexity index is 1640. The standard InChI is InChI=1S/C26H26N8O9S3.Na/c1-2-32-6-7-33(20(39)19(32)38)24(43)29-16(13-4-3-5-15(36)8-13)18(37)30-26(27-11-35)22(42)34-17(21(40)41)14(9-44-23(26)34)10-45-25-31-28-12-46-25;/h3-5,8,11-12,16,23,36H,2,6-7,9-10H2,1H3,(H,27,35)(H,29,43)(H,30,37)(H,40,41);/q;+1/p-1/t16?,23-,26+;/m0./s1. The van der Waals surface area contributed by atoms with Crippen LogP contribution in [0.3, 0.4) is 0 Å². The number of hydrogen-bond acceptors (Lipinski definition) is 14. The van der Waals surface area contributed by atoms with Gasteiger partial charge in [-0.25, -0.2) is 4.79 Å². The van der Waals surface area contributed by atoms with Crippen molar-refractivity contribution >= 4 is 76.9 Å². The van der Waals surface area contributed by atoms with Crippen molar-refractivity contribution in [2.45, 2.75) is 28.3 Å². The minimum absolute atomic E-state index is 0. The molecule has 0 radical (unpaired) electrons. The van der Waals surface area contributed by atoms with Gasteiger partial charge in [0, 0.05) is 31.1 Å². The summed E-state index contributed by atoms with van der Waals surface area (Å²) in [5.74, 6) is -5.71. The van der Waals surface area contributed by atoms with Gasteiger partial charge in [-0.3, -0.25) is 33.8 Å². The number of hydrogen-bond donors (Lipinski definition) is 4. The average Bonchev–Trinajstić information content (AvgIpc) is 3.56. The number of imide groups is 1. The zero-order valence-corrected chi connectivity index (χ0v) is 29.3. The number of aromatic nitrogens is 2. The zero-order valence-electron chi connectivity index (χ0n) is 24.8. The van der Waals surface area contributed by atoms with E-state index in [2.05, 4.69) is 26.1 Å². The smallest absolute Gasteiger partial charge is 0.543 e. The maximum Gasteiger partial charge on any atom is 1.00 e. The normalized spacial score (nSPS) is 21.3. The first-order valence-corrected chi connectivity index (χ1v) is 16.4. The minimum atomic E-state index is -2.14. The number of β-lactam (4-membered cyclic amide) rings is 1. The van der Waals surface area contributed by atoms with Gasteiger partial charge in [0.1, 0.15) is 22.7 Å². The fourth-order valence-corrected chi connectivity index (χ4v) is 8.17. The number of thioether (sulfide) groups is 2. The topological polar surface area (TPSA) is 234 Å². The Labute approximate surface area is 301 Å². The summed E-state index contributed by atoms with van der Waals surface area (Å²) >= 11 is 3.54. The number of nitrogens with zero attached hydrogens (tertiary/aromatic N) is 5. The van der Waals surface area contributed by atoms with Crippen LogP contribution in [0.5, 0.6) is 5.75 Å². The number of carbonyl (C=O) groups is 7. The molecule has 1 aromatic heterocycles. The van der Waals surface area contributed by atoms with Crippen LogP contribution in [0.1, 0.15) is 18.5 Å². The van der Waals surface area contributed by atoms with Gasteiger partial charge in [-0.2, -0.15) is 0 Å². The number of aromatic hydroxyl groups is 1. The number of amides is 7. The molecule has 1 aromatic carbocycles. The molecular weight excluding hydrogens is 688 g/mol. The van der Waals surface area contributed by atoms with E-state index < -0.39 is 58.4 Å². The molecule has 3 aliphatic rings. The number of likely N-dealkylation sites (N-methyl/N-ethyl adjacent to an activating group) is 1.